The standard InChI is InChI=1S/C13H20NO5P/c1-3-5-11-20(17,18-10-4-2)19-13-8-6-12(7-9-13)14(15)16/h6-9H,3-5,10-11H2,1-2H3. The second-order valence-corrected chi connectivity index (χ2v) is 6.47. The Hall–Kier alpha value is -1.39. The molecule has 0 amide bonds. The number of benzene rings is 1. The van der Waals surface area contributed by atoms with Crippen LogP contribution in [0.1, 0.15) is 33.1 Å². The van der Waals surface area contributed by atoms with Gasteiger partial charge in [-0.2, -0.15) is 0 Å². The lowest BCUT2D eigenvalue weighted by atomic mass is 10.3. The Morgan fingerprint density at radius 1 is 1.20 bits per heavy atom. The quantitative estimate of drug-likeness (QED) is 0.384. The summed E-state index contributed by atoms with van der Waals surface area (Å²) in [5, 5.41) is 10.6. The molecule has 1 rings (SSSR count). The van der Waals surface area contributed by atoms with Crippen molar-refractivity contribution in [1.29, 1.82) is 0 Å². The molecule has 0 spiro atoms. The lowest BCUT2D eigenvalue weighted by Gasteiger charge is -2.18. The SMILES string of the molecule is CCCCP(=O)(OCCC)Oc1ccc([N+](=O)[O-])cc1. The fraction of sp³-hybridized carbons (Fsp3) is 0.538. The molecule has 1 aromatic carbocycles. The van der Waals surface area contributed by atoms with E-state index in [4.69, 9.17) is 9.05 Å². The molecule has 1 atom stereocenters. The van der Waals surface area contributed by atoms with E-state index < -0.39 is 12.5 Å². The van der Waals surface area contributed by atoms with E-state index in [1.807, 2.05) is 13.8 Å². The molecule has 0 aliphatic rings. The molecule has 0 aromatic heterocycles. The van der Waals surface area contributed by atoms with Crippen LogP contribution in [0.3, 0.4) is 0 Å². The molecule has 7 heteroatoms. The number of rotatable bonds is 9. The van der Waals surface area contributed by atoms with Crippen LogP contribution in [0.15, 0.2) is 24.3 Å². The summed E-state index contributed by atoms with van der Waals surface area (Å²) in [5.74, 6) is 0.325. The van der Waals surface area contributed by atoms with Gasteiger partial charge in [0.25, 0.3) is 5.69 Å². The van der Waals surface area contributed by atoms with Crippen molar-refractivity contribution in [3.05, 3.63) is 34.4 Å². The maximum atomic E-state index is 12.5. The summed E-state index contributed by atoms with van der Waals surface area (Å²) in [6.45, 7) is 4.29. The van der Waals surface area contributed by atoms with Gasteiger partial charge in [-0.25, -0.2) is 4.57 Å². The van der Waals surface area contributed by atoms with Crippen LogP contribution in [0.25, 0.3) is 0 Å². The van der Waals surface area contributed by atoms with Crippen molar-refractivity contribution in [3.8, 4) is 5.75 Å². The molecule has 0 bridgehead atoms. The average molecular weight is 301 g/mol. The van der Waals surface area contributed by atoms with E-state index in [2.05, 4.69) is 0 Å². The number of hydrogen-bond acceptors (Lipinski definition) is 5. The van der Waals surface area contributed by atoms with Crippen LogP contribution in [0, 0.1) is 10.1 Å². The Morgan fingerprint density at radius 2 is 1.85 bits per heavy atom. The largest absolute Gasteiger partial charge is 0.424 e. The summed E-state index contributed by atoms with van der Waals surface area (Å²) in [5.41, 5.74) is -0.0322. The van der Waals surface area contributed by atoms with Gasteiger partial charge < -0.3 is 4.52 Å². The molecule has 20 heavy (non-hydrogen) atoms. The van der Waals surface area contributed by atoms with Crippen LogP contribution < -0.4 is 4.52 Å². The minimum Gasteiger partial charge on any atom is -0.424 e. The minimum absolute atomic E-state index is 0.0322. The Labute approximate surface area is 118 Å². The van der Waals surface area contributed by atoms with Gasteiger partial charge in [-0.3, -0.25) is 14.6 Å². The number of hydrogen-bond donors (Lipinski definition) is 0. The van der Waals surface area contributed by atoms with Crippen molar-refractivity contribution >= 4 is 13.3 Å². The Morgan fingerprint density at radius 3 is 2.35 bits per heavy atom. The Kier molecular flexibility index (Phi) is 6.68. The van der Waals surface area contributed by atoms with Crippen molar-refractivity contribution < 1.29 is 18.5 Å². The van der Waals surface area contributed by atoms with Crippen LogP contribution in [-0.4, -0.2) is 17.7 Å². The zero-order valence-electron chi connectivity index (χ0n) is 11.8. The van der Waals surface area contributed by atoms with E-state index in [-0.39, 0.29) is 5.69 Å². The lowest BCUT2D eigenvalue weighted by molar-refractivity contribution is -0.384. The normalized spacial score (nSPS) is 13.7. The minimum atomic E-state index is -3.18. The first-order valence-corrected chi connectivity index (χ1v) is 8.41. The number of nitro groups is 1. The highest BCUT2D eigenvalue weighted by Crippen LogP contribution is 2.49. The van der Waals surface area contributed by atoms with Crippen molar-refractivity contribution in [1.82, 2.24) is 0 Å². The maximum Gasteiger partial charge on any atom is 0.379 e. The van der Waals surface area contributed by atoms with Gasteiger partial charge in [0.05, 0.1) is 17.7 Å². The highest BCUT2D eigenvalue weighted by atomic mass is 31.2. The molecule has 0 aliphatic carbocycles. The highest BCUT2D eigenvalue weighted by Gasteiger charge is 2.25. The predicted octanol–water partition coefficient (Wildman–Crippen LogP) is 4.39. The monoisotopic (exact) mass is 301 g/mol. The summed E-state index contributed by atoms with van der Waals surface area (Å²) in [4.78, 5) is 10.1. The third-order valence-corrected chi connectivity index (χ3v) is 4.50. The van der Waals surface area contributed by atoms with Crippen molar-refractivity contribution in [2.45, 2.75) is 33.1 Å². The van der Waals surface area contributed by atoms with Gasteiger partial charge in [0.2, 0.25) is 0 Å². The predicted molar refractivity (Wildman–Crippen MR) is 77.3 cm³/mol. The smallest absolute Gasteiger partial charge is 0.379 e. The summed E-state index contributed by atoms with van der Waals surface area (Å²) < 4.78 is 23.4. The van der Waals surface area contributed by atoms with Gasteiger partial charge in [0.1, 0.15) is 5.75 Å². The fourth-order valence-corrected chi connectivity index (χ4v) is 3.39. The van der Waals surface area contributed by atoms with Crippen molar-refractivity contribution in [3.63, 3.8) is 0 Å². The summed E-state index contributed by atoms with van der Waals surface area (Å²) in [7, 11) is -3.18. The van der Waals surface area contributed by atoms with E-state index in [9.17, 15) is 14.7 Å². The number of nitrogens with zero attached hydrogens (tertiary/aromatic N) is 1. The number of non-ortho nitro benzene ring substituents is 1. The second-order valence-electron chi connectivity index (χ2n) is 4.36. The first-order valence-electron chi connectivity index (χ1n) is 6.68. The first kappa shape index (κ1) is 16.7. The molecule has 1 unspecified atom stereocenters. The third-order valence-electron chi connectivity index (χ3n) is 2.57. The van der Waals surface area contributed by atoms with Crippen LogP contribution in [-0.2, 0) is 9.09 Å². The first-order chi connectivity index (χ1) is 9.50. The summed E-state index contributed by atoms with van der Waals surface area (Å²) in [6, 6.07) is 5.51. The third kappa shape index (κ3) is 5.31. The molecule has 0 heterocycles. The molecule has 0 saturated heterocycles. The van der Waals surface area contributed by atoms with Crippen LogP contribution in [0.2, 0.25) is 0 Å². The Bertz CT molecular complexity index is 462. The van der Waals surface area contributed by atoms with E-state index in [1.165, 1.54) is 24.3 Å². The van der Waals surface area contributed by atoms with Gasteiger partial charge in [0.15, 0.2) is 0 Å². The maximum absolute atomic E-state index is 12.5. The van der Waals surface area contributed by atoms with Gasteiger partial charge >= 0.3 is 7.60 Å². The molecular weight excluding hydrogens is 281 g/mol. The molecule has 1 aromatic rings. The second kappa shape index (κ2) is 8.02. The average Bonchev–Trinajstić information content (AvgIpc) is 2.44. The molecular formula is C13H20NO5P. The summed E-state index contributed by atoms with van der Waals surface area (Å²) >= 11 is 0. The molecule has 112 valence electrons. The molecule has 0 saturated carbocycles. The highest BCUT2D eigenvalue weighted by molar-refractivity contribution is 7.54. The topological polar surface area (TPSA) is 78.7 Å². The van der Waals surface area contributed by atoms with Crippen LogP contribution in [0.4, 0.5) is 5.69 Å². The van der Waals surface area contributed by atoms with Gasteiger partial charge in [0, 0.05) is 12.1 Å². The van der Waals surface area contributed by atoms with Gasteiger partial charge in [-0.05, 0) is 25.0 Å². The summed E-state index contributed by atoms with van der Waals surface area (Å²) in [6.07, 6.45) is 2.73. The molecule has 0 fully saturated rings. The number of nitro benzene ring substituents is 1. The zero-order chi connectivity index (χ0) is 15.0. The van der Waals surface area contributed by atoms with E-state index >= 15 is 0 Å². The van der Waals surface area contributed by atoms with Gasteiger partial charge in [-0.1, -0.05) is 20.3 Å². The van der Waals surface area contributed by atoms with E-state index in [1.54, 1.807) is 0 Å². The van der Waals surface area contributed by atoms with E-state index in [0.717, 1.165) is 19.3 Å². The fourth-order valence-electron chi connectivity index (χ4n) is 1.51. The van der Waals surface area contributed by atoms with E-state index in [0.29, 0.717) is 18.5 Å². The van der Waals surface area contributed by atoms with Crippen LogP contribution >= 0.6 is 7.60 Å². The van der Waals surface area contributed by atoms with Crippen molar-refractivity contribution in [2.75, 3.05) is 12.8 Å². The van der Waals surface area contributed by atoms with Crippen LogP contribution in [0.5, 0.6) is 5.75 Å². The Balaban J connectivity index is 2.77. The molecule has 6 nitrogen and oxygen atoms in total. The lowest BCUT2D eigenvalue weighted by Crippen LogP contribution is -2.03. The number of unbranched alkanes of at least 4 members (excludes halogenated alkanes) is 1. The zero-order valence-corrected chi connectivity index (χ0v) is 12.7. The van der Waals surface area contributed by atoms with Gasteiger partial charge in [-0.15, -0.1) is 0 Å². The molecule has 0 radical (unpaired) electrons. The van der Waals surface area contributed by atoms with Crippen molar-refractivity contribution in [2.24, 2.45) is 0 Å². The molecule has 0 N–H and O–H groups in total. The molecule has 0 aliphatic heterocycles.